The van der Waals surface area contributed by atoms with Crippen LogP contribution in [-0.2, 0) is 16.0 Å². The number of hydrogen-bond donors (Lipinski definition) is 3. The van der Waals surface area contributed by atoms with Crippen molar-refractivity contribution < 1.29 is 14.3 Å². The fourth-order valence-corrected chi connectivity index (χ4v) is 2.44. The Hall–Kier alpha value is -3.28. The molecule has 0 aliphatic rings. The van der Waals surface area contributed by atoms with Gasteiger partial charge in [0.25, 0.3) is 5.91 Å². The maximum Gasteiger partial charge on any atom is 0.255 e. The van der Waals surface area contributed by atoms with Gasteiger partial charge >= 0.3 is 0 Å². The first kappa shape index (κ1) is 15.6. The van der Waals surface area contributed by atoms with Crippen LogP contribution >= 0.6 is 0 Å². The van der Waals surface area contributed by atoms with Gasteiger partial charge in [-0.1, -0.05) is 18.2 Å². The fraction of sp³-hybridized carbons (Fsp3) is 0.111. The van der Waals surface area contributed by atoms with E-state index >= 15 is 0 Å². The van der Waals surface area contributed by atoms with Gasteiger partial charge in [-0.15, -0.1) is 0 Å². The molecular formula is C18H17N3O3. The van der Waals surface area contributed by atoms with Crippen molar-refractivity contribution in [2.75, 3.05) is 11.9 Å². The molecule has 1 aromatic heterocycles. The second kappa shape index (κ2) is 6.87. The summed E-state index contributed by atoms with van der Waals surface area (Å²) in [6.45, 7) is -0.174. The van der Waals surface area contributed by atoms with Crippen molar-refractivity contribution >= 4 is 28.4 Å². The zero-order valence-electron chi connectivity index (χ0n) is 12.9. The lowest BCUT2D eigenvalue weighted by Crippen LogP contribution is -2.20. The molecule has 0 saturated carbocycles. The standard InChI is InChI=1S/C18H17N3O3/c19-17(22)11-24-14-7-5-13(6-8-14)21-18(23)9-12-10-20-16-4-2-1-3-15(12)16/h1-8,10,20H,9,11H2,(H2,19,22)(H,21,23). The van der Waals surface area contributed by atoms with Crippen LogP contribution in [0.15, 0.2) is 54.7 Å². The van der Waals surface area contributed by atoms with Crippen molar-refractivity contribution in [3.8, 4) is 5.75 Å². The lowest BCUT2D eigenvalue weighted by Gasteiger charge is -2.07. The average molecular weight is 323 g/mol. The van der Waals surface area contributed by atoms with Crippen LogP contribution in [0.25, 0.3) is 10.9 Å². The van der Waals surface area contributed by atoms with Crippen LogP contribution in [0, 0.1) is 0 Å². The molecule has 4 N–H and O–H groups in total. The number of nitrogens with one attached hydrogen (secondary N) is 2. The van der Waals surface area contributed by atoms with E-state index in [0.29, 0.717) is 11.4 Å². The Kier molecular flexibility index (Phi) is 4.47. The minimum absolute atomic E-state index is 0.106. The van der Waals surface area contributed by atoms with Gasteiger partial charge in [-0.3, -0.25) is 9.59 Å². The first-order chi connectivity index (χ1) is 11.6. The minimum Gasteiger partial charge on any atom is -0.484 e. The van der Waals surface area contributed by atoms with Crippen LogP contribution in [-0.4, -0.2) is 23.4 Å². The molecule has 1 heterocycles. The van der Waals surface area contributed by atoms with Crippen LogP contribution in [0.1, 0.15) is 5.56 Å². The molecule has 0 unspecified atom stereocenters. The number of primary amides is 1. The quantitative estimate of drug-likeness (QED) is 0.649. The Morgan fingerprint density at radius 1 is 1.08 bits per heavy atom. The molecule has 0 aliphatic carbocycles. The van der Waals surface area contributed by atoms with Gasteiger partial charge in [0.15, 0.2) is 6.61 Å². The van der Waals surface area contributed by atoms with E-state index in [-0.39, 0.29) is 18.9 Å². The Balaban J connectivity index is 1.61. The summed E-state index contributed by atoms with van der Waals surface area (Å²) < 4.78 is 5.17. The van der Waals surface area contributed by atoms with Crippen molar-refractivity contribution in [3.05, 3.63) is 60.3 Å². The van der Waals surface area contributed by atoms with Crippen LogP contribution in [0.2, 0.25) is 0 Å². The Bertz CT molecular complexity index is 869. The Labute approximate surface area is 138 Å². The van der Waals surface area contributed by atoms with E-state index in [1.807, 2.05) is 30.5 Å². The van der Waals surface area contributed by atoms with Crippen molar-refractivity contribution in [2.45, 2.75) is 6.42 Å². The van der Waals surface area contributed by atoms with E-state index in [2.05, 4.69) is 10.3 Å². The number of fused-ring (bicyclic) bond motifs is 1. The van der Waals surface area contributed by atoms with Crippen LogP contribution in [0.3, 0.4) is 0 Å². The molecule has 2 aromatic carbocycles. The third-order valence-electron chi connectivity index (χ3n) is 3.55. The zero-order chi connectivity index (χ0) is 16.9. The zero-order valence-corrected chi connectivity index (χ0v) is 12.9. The minimum atomic E-state index is -0.536. The summed E-state index contributed by atoms with van der Waals surface area (Å²) in [6, 6.07) is 14.6. The molecule has 0 atom stereocenters. The number of para-hydroxylation sites is 1. The van der Waals surface area contributed by atoms with Crippen molar-refractivity contribution in [3.63, 3.8) is 0 Å². The average Bonchev–Trinajstić information content (AvgIpc) is 2.97. The molecule has 6 nitrogen and oxygen atoms in total. The summed E-state index contributed by atoms with van der Waals surface area (Å²) in [5, 5.41) is 3.88. The number of rotatable bonds is 6. The lowest BCUT2D eigenvalue weighted by atomic mass is 10.1. The van der Waals surface area contributed by atoms with Gasteiger partial charge in [0.2, 0.25) is 5.91 Å². The number of hydrogen-bond acceptors (Lipinski definition) is 3. The third kappa shape index (κ3) is 3.73. The van der Waals surface area contributed by atoms with E-state index in [0.717, 1.165) is 16.5 Å². The van der Waals surface area contributed by atoms with Crippen LogP contribution in [0.4, 0.5) is 5.69 Å². The number of aromatic amines is 1. The van der Waals surface area contributed by atoms with Gasteiger partial charge in [0.1, 0.15) is 5.75 Å². The Morgan fingerprint density at radius 2 is 1.83 bits per heavy atom. The fourth-order valence-electron chi connectivity index (χ4n) is 2.44. The molecule has 3 rings (SSSR count). The highest BCUT2D eigenvalue weighted by molar-refractivity contribution is 5.95. The number of anilines is 1. The molecule has 0 aliphatic heterocycles. The SMILES string of the molecule is NC(=O)COc1ccc(NC(=O)Cc2c[nH]c3ccccc23)cc1. The van der Waals surface area contributed by atoms with E-state index in [1.165, 1.54) is 0 Å². The molecule has 0 radical (unpaired) electrons. The highest BCUT2D eigenvalue weighted by Gasteiger charge is 2.09. The second-order valence-electron chi connectivity index (χ2n) is 5.36. The van der Waals surface area contributed by atoms with Crippen LogP contribution in [0.5, 0.6) is 5.75 Å². The number of nitrogens with two attached hydrogens (primary N) is 1. The second-order valence-corrected chi connectivity index (χ2v) is 5.36. The molecule has 0 spiro atoms. The van der Waals surface area contributed by atoms with E-state index < -0.39 is 5.91 Å². The van der Waals surface area contributed by atoms with E-state index in [1.54, 1.807) is 24.3 Å². The predicted molar refractivity (Wildman–Crippen MR) is 91.8 cm³/mol. The van der Waals surface area contributed by atoms with Gasteiger partial charge < -0.3 is 20.8 Å². The molecule has 2 amide bonds. The molecule has 24 heavy (non-hydrogen) atoms. The maximum atomic E-state index is 12.2. The molecule has 3 aromatic rings. The normalized spacial score (nSPS) is 10.5. The lowest BCUT2D eigenvalue weighted by molar-refractivity contribution is -0.120. The van der Waals surface area contributed by atoms with Crippen molar-refractivity contribution in [2.24, 2.45) is 5.73 Å². The molecule has 122 valence electrons. The molecule has 0 fully saturated rings. The maximum absolute atomic E-state index is 12.2. The largest absolute Gasteiger partial charge is 0.484 e. The summed E-state index contributed by atoms with van der Waals surface area (Å²) in [4.78, 5) is 26.0. The Morgan fingerprint density at radius 3 is 2.58 bits per heavy atom. The summed E-state index contributed by atoms with van der Waals surface area (Å²) in [5.41, 5.74) is 7.63. The topological polar surface area (TPSA) is 97.2 Å². The summed E-state index contributed by atoms with van der Waals surface area (Å²) in [5.74, 6) is -0.125. The van der Waals surface area contributed by atoms with Gasteiger partial charge in [0, 0.05) is 22.8 Å². The van der Waals surface area contributed by atoms with E-state index in [9.17, 15) is 9.59 Å². The smallest absolute Gasteiger partial charge is 0.255 e. The summed E-state index contributed by atoms with van der Waals surface area (Å²) >= 11 is 0. The number of H-pyrrole nitrogens is 1. The monoisotopic (exact) mass is 323 g/mol. The van der Waals surface area contributed by atoms with Gasteiger partial charge in [-0.05, 0) is 35.9 Å². The number of carbonyl (C=O) groups is 2. The highest BCUT2D eigenvalue weighted by Crippen LogP contribution is 2.19. The van der Waals surface area contributed by atoms with Gasteiger partial charge in [0.05, 0.1) is 6.42 Å². The number of carbonyl (C=O) groups excluding carboxylic acids is 2. The molecule has 0 bridgehead atoms. The van der Waals surface area contributed by atoms with Gasteiger partial charge in [-0.25, -0.2) is 0 Å². The first-order valence-electron chi connectivity index (χ1n) is 7.48. The van der Waals surface area contributed by atoms with Crippen molar-refractivity contribution in [1.82, 2.24) is 4.98 Å². The van der Waals surface area contributed by atoms with Crippen LogP contribution < -0.4 is 15.8 Å². The first-order valence-corrected chi connectivity index (χ1v) is 7.48. The number of aromatic nitrogens is 1. The van der Waals surface area contributed by atoms with E-state index in [4.69, 9.17) is 10.5 Å². The highest BCUT2D eigenvalue weighted by atomic mass is 16.5. The molecular weight excluding hydrogens is 306 g/mol. The molecule has 0 saturated heterocycles. The number of benzene rings is 2. The summed E-state index contributed by atoms with van der Waals surface area (Å²) in [6.07, 6.45) is 2.13. The third-order valence-corrected chi connectivity index (χ3v) is 3.55. The van der Waals surface area contributed by atoms with Gasteiger partial charge in [-0.2, -0.15) is 0 Å². The summed E-state index contributed by atoms with van der Waals surface area (Å²) in [7, 11) is 0. The molecule has 6 heteroatoms. The van der Waals surface area contributed by atoms with Crippen molar-refractivity contribution in [1.29, 1.82) is 0 Å². The number of amides is 2. The predicted octanol–water partition coefficient (Wildman–Crippen LogP) is 2.21. The number of ether oxygens (including phenoxy) is 1.